The largest absolute Gasteiger partial charge is 0.464 e. The molecule has 18 heavy (non-hydrogen) atoms. The van der Waals surface area contributed by atoms with Gasteiger partial charge in [0.2, 0.25) is 0 Å². The molecule has 0 unspecified atom stereocenters. The molecule has 92 valence electrons. The fourth-order valence-electron chi connectivity index (χ4n) is 2.24. The highest BCUT2D eigenvalue weighted by molar-refractivity contribution is 8.03. The molecule has 1 aliphatic rings. The van der Waals surface area contributed by atoms with Gasteiger partial charge in [-0.15, -0.1) is 0 Å². The summed E-state index contributed by atoms with van der Waals surface area (Å²) in [5.41, 5.74) is 2.04. The number of anilines is 1. The molecule has 0 spiro atoms. The molecular weight excluding hydrogens is 246 g/mol. The first-order chi connectivity index (χ1) is 8.70. The van der Waals surface area contributed by atoms with Crippen molar-refractivity contribution in [2.75, 3.05) is 11.4 Å². The van der Waals surface area contributed by atoms with E-state index in [0.29, 0.717) is 0 Å². The lowest BCUT2D eigenvalue weighted by Gasteiger charge is -2.18. The van der Waals surface area contributed by atoms with Crippen LogP contribution in [0, 0.1) is 0 Å². The molecule has 4 heteroatoms. The minimum atomic E-state index is 0.0761. The Bertz CT molecular complexity index is 657. The molecule has 0 saturated carbocycles. The highest BCUT2D eigenvalue weighted by Gasteiger charge is 2.26. The van der Waals surface area contributed by atoms with Crippen LogP contribution in [0.15, 0.2) is 44.9 Å². The summed E-state index contributed by atoms with van der Waals surface area (Å²) in [6, 6.07) is 6.01. The van der Waals surface area contributed by atoms with E-state index in [4.69, 9.17) is 4.42 Å². The highest BCUT2D eigenvalue weighted by atomic mass is 32.2. The first-order valence-corrected chi connectivity index (χ1v) is 6.70. The molecule has 0 saturated heterocycles. The van der Waals surface area contributed by atoms with Crippen molar-refractivity contribution >= 4 is 34.2 Å². The molecule has 1 aliphatic heterocycles. The minimum Gasteiger partial charge on any atom is -0.464 e. The van der Waals surface area contributed by atoms with E-state index in [1.807, 2.05) is 12.1 Å². The zero-order valence-corrected chi connectivity index (χ0v) is 11.1. The molecule has 1 aromatic heterocycles. The van der Waals surface area contributed by atoms with Crippen LogP contribution in [0.3, 0.4) is 0 Å². The van der Waals surface area contributed by atoms with Crippen LogP contribution in [0.1, 0.15) is 13.8 Å². The second-order valence-corrected chi connectivity index (χ2v) is 5.25. The third kappa shape index (κ3) is 1.64. The van der Waals surface area contributed by atoms with Gasteiger partial charge < -0.3 is 9.32 Å². The lowest BCUT2D eigenvalue weighted by Crippen LogP contribution is -2.17. The number of rotatable bonds is 2. The van der Waals surface area contributed by atoms with E-state index in [2.05, 4.69) is 17.9 Å². The number of carbonyl (C=O) groups excluding carboxylic acids is 1. The Balaban J connectivity index is 2.20. The summed E-state index contributed by atoms with van der Waals surface area (Å²) in [5.74, 6) is 0.0761. The number of hydrogen-bond acceptors (Lipinski definition) is 4. The molecule has 0 N–H and O–H groups in total. The number of allylic oxidation sites excluding steroid dienone is 1. The quantitative estimate of drug-likeness (QED) is 0.768. The standard InChI is InChI=1S/C14H13NO2S/c1-3-15-13(8-9(2)16)18-12-5-4-11-10(14(12)15)6-7-17-11/h4-8H,3H2,1-2H3. The third-order valence-corrected chi connectivity index (χ3v) is 4.06. The van der Waals surface area contributed by atoms with Crippen LogP contribution in [0.2, 0.25) is 0 Å². The Morgan fingerprint density at radius 1 is 1.44 bits per heavy atom. The van der Waals surface area contributed by atoms with Gasteiger partial charge in [0.15, 0.2) is 5.78 Å². The summed E-state index contributed by atoms with van der Waals surface area (Å²) in [4.78, 5) is 14.6. The van der Waals surface area contributed by atoms with Gasteiger partial charge >= 0.3 is 0 Å². The van der Waals surface area contributed by atoms with E-state index in [-0.39, 0.29) is 5.78 Å². The summed E-state index contributed by atoms with van der Waals surface area (Å²) in [6.45, 7) is 4.50. The van der Waals surface area contributed by atoms with E-state index in [0.717, 1.165) is 28.2 Å². The Kier molecular flexibility index (Phi) is 2.67. The van der Waals surface area contributed by atoms with Crippen LogP contribution >= 0.6 is 11.8 Å². The van der Waals surface area contributed by atoms with E-state index >= 15 is 0 Å². The summed E-state index contributed by atoms with van der Waals surface area (Å²) in [7, 11) is 0. The van der Waals surface area contributed by atoms with E-state index in [1.165, 1.54) is 4.90 Å². The first kappa shape index (κ1) is 11.4. The second-order valence-electron chi connectivity index (χ2n) is 4.18. The van der Waals surface area contributed by atoms with Crippen molar-refractivity contribution in [1.82, 2.24) is 0 Å². The van der Waals surface area contributed by atoms with Crippen LogP contribution in [0.25, 0.3) is 11.0 Å². The van der Waals surface area contributed by atoms with E-state index in [9.17, 15) is 4.79 Å². The van der Waals surface area contributed by atoms with Gasteiger partial charge in [0.05, 0.1) is 17.0 Å². The second kappa shape index (κ2) is 4.21. The maximum absolute atomic E-state index is 11.3. The van der Waals surface area contributed by atoms with E-state index in [1.54, 1.807) is 31.0 Å². The summed E-state index contributed by atoms with van der Waals surface area (Å²) < 4.78 is 5.43. The van der Waals surface area contributed by atoms with Gasteiger partial charge in [-0.2, -0.15) is 0 Å². The van der Waals surface area contributed by atoms with Gasteiger partial charge in [0.1, 0.15) is 5.58 Å². The minimum absolute atomic E-state index is 0.0761. The molecule has 0 radical (unpaired) electrons. The fraction of sp³-hybridized carbons (Fsp3) is 0.214. The van der Waals surface area contributed by atoms with Crippen molar-refractivity contribution in [2.24, 2.45) is 0 Å². The number of hydrogen-bond donors (Lipinski definition) is 0. The molecule has 0 atom stereocenters. The molecule has 1 aromatic carbocycles. The van der Waals surface area contributed by atoms with Crippen LogP contribution in [-0.4, -0.2) is 12.3 Å². The van der Waals surface area contributed by atoms with Crippen LogP contribution in [0.5, 0.6) is 0 Å². The number of fused-ring (bicyclic) bond motifs is 3. The lowest BCUT2D eigenvalue weighted by atomic mass is 10.2. The number of carbonyl (C=O) groups is 1. The SMILES string of the molecule is CCN1C(=CC(C)=O)Sc2ccc3occc3c21. The smallest absolute Gasteiger partial charge is 0.155 e. The zero-order valence-electron chi connectivity index (χ0n) is 10.3. The lowest BCUT2D eigenvalue weighted by molar-refractivity contribution is -0.112. The van der Waals surface area contributed by atoms with Crippen molar-refractivity contribution in [3.05, 3.63) is 35.6 Å². The molecular formula is C14H13NO2S. The molecule has 2 heterocycles. The van der Waals surface area contributed by atoms with Gasteiger partial charge in [0.25, 0.3) is 0 Å². The summed E-state index contributed by atoms with van der Waals surface area (Å²) >= 11 is 1.64. The molecule has 2 aromatic rings. The average Bonchev–Trinajstić information content (AvgIpc) is 2.89. The third-order valence-electron chi connectivity index (χ3n) is 2.96. The van der Waals surface area contributed by atoms with Gasteiger partial charge in [-0.1, -0.05) is 11.8 Å². The molecule has 0 bridgehead atoms. The predicted molar refractivity (Wildman–Crippen MR) is 73.9 cm³/mol. The van der Waals surface area contributed by atoms with Crippen molar-refractivity contribution < 1.29 is 9.21 Å². The van der Waals surface area contributed by atoms with Crippen LogP contribution < -0.4 is 4.90 Å². The molecule has 3 nitrogen and oxygen atoms in total. The molecule has 0 aliphatic carbocycles. The highest BCUT2D eigenvalue weighted by Crippen LogP contribution is 2.49. The Labute approximate surface area is 109 Å². The number of thioether (sulfide) groups is 1. The Morgan fingerprint density at radius 3 is 3.00 bits per heavy atom. The Morgan fingerprint density at radius 2 is 2.28 bits per heavy atom. The van der Waals surface area contributed by atoms with Gasteiger partial charge in [-0.05, 0) is 32.0 Å². The van der Waals surface area contributed by atoms with Gasteiger partial charge in [0, 0.05) is 22.9 Å². The molecule has 0 fully saturated rings. The van der Waals surface area contributed by atoms with Gasteiger partial charge in [-0.3, -0.25) is 4.79 Å². The fourth-order valence-corrected chi connectivity index (χ4v) is 3.48. The van der Waals surface area contributed by atoms with Crippen molar-refractivity contribution in [3.8, 4) is 0 Å². The first-order valence-electron chi connectivity index (χ1n) is 5.88. The maximum atomic E-state index is 11.3. The van der Waals surface area contributed by atoms with Crippen molar-refractivity contribution in [3.63, 3.8) is 0 Å². The maximum Gasteiger partial charge on any atom is 0.155 e. The Hall–Kier alpha value is -1.68. The topological polar surface area (TPSA) is 33.5 Å². The van der Waals surface area contributed by atoms with Crippen molar-refractivity contribution in [2.45, 2.75) is 18.7 Å². The number of ketones is 1. The van der Waals surface area contributed by atoms with Gasteiger partial charge in [-0.25, -0.2) is 0 Å². The number of furan rings is 1. The van der Waals surface area contributed by atoms with Crippen LogP contribution in [0.4, 0.5) is 5.69 Å². The molecule has 3 rings (SSSR count). The summed E-state index contributed by atoms with van der Waals surface area (Å²) in [5, 5.41) is 2.10. The zero-order chi connectivity index (χ0) is 12.7. The predicted octanol–water partition coefficient (Wildman–Crippen LogP) is 3.80. The summed E-state index contributed by atoms with van der Waals surface area (Å²) in [6.07, 6.45) is 3.40. The number of nitrogens with zero attached hydrogens (tertiary/aromatic N) is 1. The van der Waals surface area contributed by atoms with E-state index < -0.39 is 0 Å². The normalized spacial score (nSPS) is 16.6. The van der Waals surface area contributed by atoms with Crippen LogP contribution in [-0.2, 0) is 4.79 Å². The average molecular weight is 259 g/mol. The number of benzene rings is 1. The monoisotopic (exact) mass is 259 g/mol. The van der Waals surface area contributed by atoms with Crippen molar-refractivity contribution in [1.29, 1.82) is 0 Å². The molecule has 0 amide bonds.